The van der Waals surface area contributed by atoms with Crippen molar-refractivity contribution in [2.24, 2.45) is 0 Å². The Labute approximate surface area is 118 Å². The lowest BCUT2D eigenvalue weighted by Gasteiger charge is -2.26. The van der Waals surface area contributed by atoms with Crippen LogP contribution in [0, 0.1) is 0 Å². The molecule has 0 saturated carbocycles. The van der Waals surface area contributed by atoms with E-state index in [1.165, 1.54) is 0 Å². The largest absolute Gasteiger partial charge is 0.478 e. The minimum absolute atomic E-state index is 0.437. The van der Waals surface area contributed by atoms with Crippen molar-refractivity contribution in [2.45, 2.75) is 26.3 Å². The number of likely N-dealkylation sites (N-methyl/N-ethyl adjacent to an activating group) is 1. The topological polar surface area (TPSA) is 53.4 Å². The molecular weight excluding hydrogens is 252 g/mol. The second-order valence-electron chi connectivity index (χ2n) is 5.41. The third-order valence-electron chi connectivity index (χ3n) is 4.02. The Morgan fingerprint density at radius 1 is 1.45 bits per heavy atom. The van der Waals surface area contributed by atoms with Crippen molar-refractivity contribution < 1.29 is 9.90 Å². The monoisotopic (exact) mass is 270 g/mol. The molecule has 1 aliphatic rings. The van der Waals surface area contributed by atoms with Gasteiger partial charge in [-0.15, -0.1) is 0 Å². The number of fused-ring (bicyclic) bond motifs is 2. The highest BCUT2D eigenvalue weighted by molar-refractivity contribution is 6.04. The number of benzene rings is 1. The molecule has 0 aliphatic carbocycles. The summed E-state index contributed by atoms with van der Waals surface area (Å²) in [6.45, 7) is 3.66. The van der Waals surface area contributed by atoms with Crippen LogP contribution in [0.5, 0.6) is 0 Å². The van der Waals surface area contributed by atoms with Crippen LogP contribution in [0.1, 0.15) is 34.1 Å². The number of hydrogen-bond donors (Lipinski definition) is 1. The highest BCUT2D eigenvalue weighted by atomic mass is 16.4. The van der Waals surface area contributed by atoms with Crippen molar-refractivity contribution >= 4 is 16.9 Å². The number of rotatable bonds is 2. The Morgan fingerprint density at radius 2 is 2.25 bits per heavy atom. The standard InChI is InChI=1S/C16H18N2O2/c1-3-10-4-5-13-11(8-10)15(16(19)20)12-9-18(2)7-6-14(12)17-13/h4-5,8H,3,6-7,9H2,1-2H3,(H,19,20). The van der Waals surface area contributed by atoms with E-state index in [2.05, 4.69) is 16.8 Å². The van der Waals surface area contributed by atoms with Gasteiger partial charge in [-0.3, -0.25) is 4.98 Å². The fraction of sp³-hybridized carbons (Fsp3) is 0.375. The summed E-state index contributed by atoms with van der Waals surface area (Å²) in [6, 6.07) is 5.95. The fourth-order valence-corrected chi connectivity index (χ4v) is 2.89. The van der Waals surface area contributed by atoms with Gasteiger partial charge in [-0.25, -0.2) is 4.79 Å². The van der Waals surface area contributed by atoms with E-state index in [1.807, 2.05) is 25.2 Å². The normalized spacial score (nSPS) is 15.3. The summed E-state index contributed by atoms with van der Waals surface area (Å²) in [7, 11) is 2.02. The number of carboxylic acid groups (broad SMARTS) is 1. The predicted molar refractivity (Wildman–Crippen MR) is 78.1 cm³/mol. The molecule has 0 unspecified atom stereocenters. The first-order valence-corrected chi connectivity index (χ1v) is 6.96. The predicted octanol–water partition coefficient (Wildman–Crippen LogP) is 2.48. The van der Waals surface area contributed by atoms with E-state index >= 15 is 0 Å². The van der Waals surface area contributed by atoms with Crippen LogP contribution in [0.4, 0.5) is 0 Å². The number of hydrogen-bond acceptors (Lipinski definition) is 3. The Balaban J connectivity index is 2.34. The Kier molecular flexibility index (Phi) is 3.18. The number of aromatic carboxylic acids is 1. The molecule has 0 spiro atoms. The second-order valence-corrected chi connectivity index (χ2v) is 5.41. The van der Waals surface area contributed by atoms with Gasteiger partial charge >= 0.3 is 5.97 Å². The molecule has 0 fully saturated rings. The Hall–Kier alpha value is -1.94. The van der Waals surface area contributed by atoms with Crippen LogP contribution in [0.25, 0.3) is 10.9 Å². The number of aromatic nitrogens is 1. The molecule has 20 heavy (non-hydrogen) atoms. The summed E-state index contributed by atoms with van der Waals surface area (Å²) < 4.78 is 0. The SMILES string of the molecule is CCc1ccc2nc3c(c(C(=O)O)c2c1)CN(C)CC3. The number of carbonyl (C=O) groups is 1. The van der Waals surface area contributed by atoms with Gasteiger partial charge < -0.3 is 10.0 Å². The van der Waals surface area contributed by atoms with Crippen LogP contribution in [0.3, 0.4) is 0 Å². The van der Waals surface area contributed by atoms with Gasteiger partial charge in [0.05, 0.1) is 11.1 Å². The van der Waals surface area contributed by atoms with Crippen LogP contribution in [0.2, 0.25) is 0 Å². The molecule has 1 aromatic carbocycles. The summed E-state index contributed by atoms with van der Waals surface area (Å²) in [5.74, 6) is -0.850. The minimum atomic E-state index is -0.850. The van der Waals surface area contributed by atoms with Crippen LogP contribution in [0.15, 0.2) is 18.2 Å². The smallest absolute Gasteiger partial charge is 0.336 e. The first-order valence-electron chi connectivity index (χ1n) is 6.96. The molecule has 4 nitrogen and oxygen atoms in total. The van der Waals surface area contributed by atoms with Gasteiger partial charge in [-0.05, 0) is 31.2 Å². The first-order chi connectivity index (χ1) is 9.60. The maximum Gasteiger partial charge on any atom is 0.336 e. The summed E-state index contributed by atoms with van der Waals surface area (Å²) in [5.41, 5.74) is 4.20. The number of pyridine rings is 1. The van der Waals surface area contributed by atoms with Crippen LogP contribution >= 0.6 is 0 Å². The Bertz CT molecular complexity index is 694. The second kappa shape index (κ2) is 4.87. The summed E-state index contributed by atoms with van der Waals surface area (Å²) >= 11 is 0. The summed E-state index contributed by atoms with van der Waals surface area (Å²) in [6.07, 6.45) is 1.71. The van der Waals surface area contributed by atoms with Crippen molar-refractivity contribution in [3.05, 3.63) is 40.6 Å². The quantitative estimate of drug-likeness (QED) is 0.911. The lowest BCUT2D eigenvalue weighted by atomic mass is 9.95. The van der Waals surface area contributed by atoms with Gasteiger partial charge in [0.15, 0.2) is 0 Å². The van der Waals surface area contributed by atoms with Crippen LogP contribution in [-0.2, 0) is 19.4 Å². The van der Waals surface area contributed by atoms with E-state index in [4.69, 9.17) is 0 Å². The molecule has 1 N–H and O–H groups in total. The molecule has 2 heterocycles. The molecule has 1 aliphatic heterocycles. The molecular formula is C16H18N2O2. The maximum atomic E-state index is 11.7. The fourth-order valence-electron chi connectivity index (χ4n) is 2.89. The van der Waals surface area contributed by atoms with Crippen molar-refractivity contribution in [1.29, 1.82) is 0 Å². The van der Waals surface area contributed by atoms with Crippen LogP contribution in [-0.4, -0.2) is 34.6 Å². The van der Waals surface area contributed by atoms with Gasteiger partial charge in [-0.1, -0.05) is 13.0 Å². The van der Waals surface area contributed by atoms with E-state index in [0.717, 1.165) is 47.1 Å². The Morgan fingerprint density at radius 3 is 2.95 bits per heavy atom. The van der Waals surface area contributed by atoms with E-state index in [9.17, 15) is 9.90 Å². The van der Waals surface area contributed by atoms with Gasteiger partial charge in [0.2, 0.25) is 0 Å². The number of aryl methyl sites for hydroxylation is 1. The van der Waals surface area contributed by atoms with E-state index < -0.39 is 5.97 Å². The number of carboxylic acids is 1. The molecule has 0 amide bonds. The van der Waals surface area contributed by atoms with E-state index in [1.54, 1.807) is 0 Å². The van der Waals surface area contributed by atoms with Crippen molar-refractivity contribution in [1.82, 2.24) is 9.88 Å². The van der Waals surface area contributed by atoms with E-state index in [0.29, 0.717) is 12.1 Å². The van der Waals surface area contributed by atoms with Gasteiger partial charge in [0.25, 0.3) is 0 Å². The zero-order valence-electron chi connectivity index (χ0n) is 11.8. The van der Waals surface area contributed by atoms with Crippen molar-refractivity contribution in [2.75, 3.05) is 13.6 Å². The molecule has 3 rings (SSSR count). The third kappa shape index (κ3) is 2.06. The van der Waals surface area contributed by atoms with Crippen LogP contribution < -0.4 is 0 Å². The summed E-state index contributed by atoms with van der Waals surface area (Å²) in [5, 5.41) is 10.4. The van der Waals surface area contributed by atoms with Gasteiger partial charge in [0.1, 0.15) is 0 Å². The zero-order valence-corrected chi connectivity index (χ0v) is 11.8. The third-order valence-corrected chi connectivity index (χ3v) is 4.02. The molecule has 0 radical (unpaired) electrons. The molecule has 2 aromatic rings. The molecule has 0 saturated heterocycles. The van der Waals surface area contributed by atoms with E-state index in [-0.39, 0.29) is 0 Å². The molecule has 104 valence electrons. The average molecular weight is 270 g/mol. The molecule has 0 bridgehead atoms. The van der Waals surface area contributed by atoms with Gasteiger partial charge in [-0.2, -0.15) is 0 Å². The average Bonchev–Trinajstić information content (AvgIpc) is 2.43. The lowest BCUT2D eigenvalue weighted by molar-refractivity contribution is 0.0696. The maximum absolute atomic E-state index is 11.7. The first kappa shape index (κ1) is 13.1. The van der Waals surface area contributed by atoms with Crippen molar-refractivity contribution in [3.63, 3.8) is 0 Å². The molecule has 1 aromatic heterocycles. The minimum Gasteiger partial charge on any atom is -0.478 e. The number of nitrogens with zero attached hydrogens (tertiary/aromatic N) is 2. The zero-order chi connectivity index (χ0) is 14.3. The highest BCUT2D eigenvalue weighted by Gasteiger charge is 2.24. The van der Waals surface area contributed by atoms with Gasteiger partial charge in [0, 0.05) is 36.2 Å². The highest BCUT2D eigenvalue weighted by Crippen LogP contribution is 2.28. The molecule has 4 heteroatoms. The van der Waals surface area contributed by atoms with Crippen molar-refractivity contribution in [3.8, 4) is 0 Å². The molecule has 0 atom stereocenters. The lowest BCUT2D eigenvalue weighted by Crippen LogP contribution is -2.29. The summed E-state index contributed by atoms with van der Waals surface area (Å²) in [4.78, 5) is 18.6.